The molecule has 4 rings (SSSR count). The number of carbonyl (C=O) groups excluding carboxylic acids is 1. The highest BCUT2D eigenvalue weighted by atomic mass is 35.5. The molecule has 6 nitrogen and oxygen atoms in total. The van der Waals surface area contributed by atoms with Crippen LogP contribution in [0.25, 0.3) is 11.3 Å². The van der Waals surface area contributed by atoms with E-state index < -0.39 is 0 Å². The number of rotatable bonds is 9. The van der Waals surface area contributed by atoms with Crippen molar-refractivity contribution in [2.24, 2.45) is 0 Å². The van der Waals surface area contributed by atoms with E-state index in [1.807, 2.05) is 31.3 Å². The molecule has 2 unspecified atom stereocenters. The van der Waals surface area contributed by atoms with Crippen molar-refractivity contribution in [1.82, 2.24) is 20.7 Å². The Balaban J connectivity index is 1.16. The molecule has 0 spiro atoms. The molecule has 2 aromatic carbocycles. The maximum Gasteiger partial charge on any atom is 0.222 e. The molecule has 1 fully saturated rings. The van der Waals surface area contributed by atoms with Crippen molar-refractivity contribution < 1.29 is 13.6 Å². The Hall–Kier alpha value is -2.74. The summed E-state index contributed by atoms with van der Waals surface area (Å²) >= 11 is 5.92. The van der Waals surface area contributed by atoms with E-state index in [2.05, 4.69) is 15.8 Å². The number of nitrogens with one attached hydrogen (secondary N) is 2. The highest BCUT2D eigenvalue weighted by Crippen LogP contribution is 2.25. The molecule has 2 heterocycles. The first-order chi connectivity index (χ1) is 16.0. The Kier molecular flexibility index (Phi) is 7.75. The molecule has 0 radical (unpaired) electrons. The van der Waals surface area contributed by atoms with Crippen LogP contribution in [-0.2, 0) is 11.2 Å². The van der Waals surface area contributed by atoms with Gasteiger partial charge in [-0.05, 0) is 61.2 Å². The summed E-state index contributed by atoms with van der Waals surface area (Å²) in [6, 6.07) is 14.5. The Labute approximate surface area is 198 Å². The van der Waals surface area contributed by atoms with Crippen molar-refractivity contribution in [2.75, 3.05) is 13.6 Å². The number of hydrogen-bond donors (Lipinski definition) is 2. The number of halogens is 2. The number of hydrazine groups is 1. The monoisotopic (exact) mass is 470 g/mol. The van der Waals surface area contributed by atoms with E-state index in [1.54, 1.807) is 23.2 Å². The first-order valence-electron chi connectivity index (χ1n) is 11.2. The van der Waals surface area contributed by atoms with Crippen LogP contribution in [0.3, 0.4) is 0 Å². The highest BCUT2D eigenvalue weighted by Gasteiger charge is 2.24. The standard InChI is InChI=1S/C25H28ClFN4O2/c1-31(14-2-3-21-15-22(30-29-21)17-6-10-20(27)11-7-17)25(32)13-12-24-28-16-23(33-24)18-4-8-19(26)9-5-18/h4-11,16,21-22,29-30H,2-3,12-15H2,1H3. The van der Waals surface area contributed by atoms with E-state index >= 15 is 0 Å². The molecule has 1 aliphatic heterocycles. The van der Waals surface area contributed by atoms with Crippen LogP contribution in [0.4, 0.5) is 4.39 Å². The second-order valence-corrected chi connectivity index (χ2v) is 8.84. The van der Waals surface area contributed by atoms with Gasteiger partial charge in [0.1, 0.15) is 5.82 Å². The summed E-state index contributed by atoms with van der Waals surface area (Å²) in [4.78, 5) is 18.6. The lowest BCUT2D eigenvalue weighted by atomic mass is 9.99. The Morgan fingerprint density at radius 2 is 1.94 bits per heavy atom. The maximum absolute atomic E-state index is 13.1. The van der Waals surface area contributed by atoms with E-state index in [1.165, 1.54) is 12.1 Å². The maximum atomic E-state index is 13.1. The molecule has 0 aliphatic carbocycles. The van der Waals surface area contributed by atoms with E-state index in [0.29, 0.717) is 42.1 Å². The van der Waals surface area contributed by atoms with Gasteiger partial charge in [-0.25, -0.2) is 9.37 Å². The van der Waals surface area contributed by atoms with Crippen LogP contribution < -0.4 is 10.9 Å². The second-order valence-electron chi connectivity index (χ2n) is 8.41. The molecule has 174 valence electrons. The quantitative estimate of drug-likeness (QED) is 0.465. The predicted octanol–water partition coefficient (Wildman–Crippen LogP) is 4.91. The number of amides is 1. The van der Waals surface area contributed by atoms with E-state index in [9.17, 15) is 9.18 Å². The van der Waals surface area contributed by atoms with E-state index in [-0.39, 0.29) is 17.8 Å². The van der Waals surface area contributed by atoms with E-state index in [0.717, 1.165) is 30.4 Å². The molecule has 2 N–H and O–H groups in total. The fraction of sp³-hybridized carbons (Fsp3) is 0.360. The lowest BCUT2D eigenvalue weighted by Crippen LogP contribution is -2.32. The fourth-order valence-corrected chi connectivity index (χ4v) is 4.13. The third-order valence-electron chi connectivity index (χ3n) is 5.96. The summed E-state index contributed by atoms with van der Waals surface area (Å²) in [7, 11) is 1.83. The molecule has 1 aromatic heterocycles. The van der Waals surface area contributed by atoms with Crippen LogP contribution >= 0.6 is 11.6 Å². The molecule has 1 aliphatic rings. The lowest BCUT2D eigenvalue weighted by Gasteiger charge is -2.18. The Morgan fingerprint density at radius 3 is 2.70 bits per heavy atom. The van der Waals surface area contributed by atoms with Gasteiger partial charge in [-0.3, -0.25) is 15.6 Å². The fourth-order valence-electron chi connectivity index (χ4n) is 4.00. The van der Waals surface area contributed by atoms with Gasteiger partial charge in [0.2, 0.25) is 5.91 Å². The van der Waals surface area contributed by atoms with Crippen molar-refractivity contribution in [3.8, 4) is 11.3 Å². The predicted molar refractivity (Wildman–Crippen MR) is 126 cm³/mol. The molecule has 3 aromatic rings. The van der Waals surface area contributed by atoms with Gasteiger partial charge in [-0.15, -0.1) is 0 Å². The molecule has 8 heteroatoms. The minimum Gasteiger partial charge on any atom is -0.441 e. The molecule has 1 saturated heterocycles. The highest BCUT2D eigenvalue weighted by molar-refractivity contribution is 6.30. The number of carbonyl (C=O) groups is 1. The van der Waals surface area contributed by atoms with Crippen molar-refractivity contribution >= 4 is 17.5 Å². The van der Waals surface area contributed by atoms with Crippen LogP contribution in [0.1, 0.15) is 43.2 Å². The molecule has 2 atom stereocenters. The van der Waals surface area contributed by atoms with Crippen LogP contribution in [-0.4, -0.2) is 35.4 Å². The van der Waals surface area contributed by atoms with Crippen molar-refractivity contribution in [3.63, 3.8) is 0 Å². The van der Waals surface area contributed by atoms with Crippen LogP contribution in [0.5, 0.6) is 0 Å². The van der Waals surface area contributed by atoms with Crippen LogP contribution in [0.15, 0.2) is 59.1 Å². The van der Waals surface area contributed by atoms with Gasteiger partial charge >= 0.3 is 0 Å². The van der Waals surface area contributed by atoms with E-state index in [4.69, 9.17) is 16.0 Å². The molecule has 1 amide bonds. The van der Waals surface area contributed by atoms with Gasteiger partial charge in [0, 0.05) is 49.1 Å². The van der Waals surface area contributed by atoms with Crippen molar-refractivity contribution in [2.45, 2.75) is 44.2 Å². The first kappa shape index (κ1) is 23.4. The lowest BCUT2D eigenvalue weighted by molar-refractivity contribution is -0.130. The number of benzene rings is 2. The average molecular weight is 471 g/mol. The molecule has 0 saturated carbocycles. The largest absolute Gasteiger partial charge is 0.441 e. The van der Waals surface area contributed by atoms with Gasteiger partial charge < -0.3 is 9.32 Å². The third kappa shape index (κ3) is 6.41. The summed E-state index contributed by atoms with van der Waals surface area (Å²) in [5.74, 6) is 1.07. The smallest absolute Gasteiger partial charge is 0.222 e. The van der Waals surface area contributed by atoms with Gasteiger partial charge in [-0.1, -0.05) is 23.7 Å². The topological polar surface area (TPSA) is 70.4 Å². The zero-order valence-corrected chi connectivity index (χ0v) is 19.3. The summed E-state index contributed by atoms with van der Waals surface area (Å²) in [6.45, 7) is 0.694. The number of nitrogens with zero attached hydrogens (tertiary/aromatic N) is 2. The Bertz CT molecular complexity index is 1060. The van der Waals surface area contributed by atoms with Crippen molar-refractivity contribution in [1.29, 1.82) is 0 Å². The first-order valence-corrected chi connectivity index (χ1v) is 11.6. The summed E-state index contributed by atoms with van der Waals surface area (Å²) in [6.07, 6.45) is 5.28. The molecular formula is C25H28ClFN4O2. The van der Waals surface area contributed by atoms with Crippen molar-refractivity contribution in [3.05, 3.63) is 77.0 Å². The average Bonchev–Trinajstić information content (AvgIpc) is 3.48. The Morgan fingerprint density at radius 1 is 1.18 bits per heavy atom. The van der Waals surface area contributed by atoms with Gasteiger partial charge in [-0.2, -0.15) is 0 Å². The zero-order chi connectivity index (χ0) is 23.2. The summed E-state index contributed by atoms with van der Waals surface area (Å²) in [5, 5.41) is 0.666. The third-order valence-corrected chi connectivity index (χ3v) is 6.21. The molecule has 33 heavy (non-hydrogen) atoms. The zero-order valence-electron chi connectivity index (χ0n) is 18.6. The number of aromatic nitrogens is 1. The van der Waals surface area contributed by atoms with Gasteiger partial charge in [0.25, 0.3) is 0 Å². The normalized spacial score (nSPS) is 17.9. The number of oxazole rings is 1. The van der Waals surface area contributed by atoms with Gasteiger partial charge in [0.15, 0.2) is 11.7 Å². The SMILES string of the molecule is CN(CCCC1CC(c2ccc(F)cc2)NN1)C(=O)CCc1ncc(-c2ccc(Cl)cc2)o1. The summed E-state index contributed by atoms with van der Waals surface area (Å²) in [5.41, 5.74) is 8.57. The molecule has 0 bridgehead atoms. The second kappa shape index (κ2) is 10.9. The molecular weight excluding hydrogens is 443 g/mol. The minimum atomic E-state index is -0.223. The summed E-state index contributed by atoms with van der Waals surface area (Å²) < 4.78 is 18.9. The van der Waals surface area contributed by atoms with Crippen LogP contribution in [0.2, 0.25) is 5.02 Å². The minimum absolute atomic E-state index is 0.0722. The number of hydrogen-bond acceptors (Lipinski definition) is 5. The number of aryl methyl sites for hydroxylation is 1. The van der Waals surface area contributed by atoms with Crippen LogP contribution in [0, 0.1) is 5.82 Å². The van der Waals surface area contributed by atoms with Gasteiger partial charge in [0.05, 0.1) is 6.20 Å².